The van der Waals surface area contributed by atoms with Crippen LogP contribution in [0.5, 0.6) is 34.5 Å². The number of amides is 2. The molecule has 3 aromatic carbocycles. The normalized spacial score (nSPS) is 13.6. The number of rotatable bonds is 14. The molecule has 0 atom stereocenters. The molecule has 0 bridgehead atoms. The van der Waals surface area contributed by atoms with Gasteiger partial charge in [-0.1, -0.05) is 33.9 Å². The first-order chi connectivity index (χ1) is 58.1. The Morgan fingerprint density at radius 3 is 1.18 bits per heavy atom. The highest BCUT2D eigenvalue weighted by Crippen LogP contribution is 2.35. The number of nitrogens with one attached hydrogen (secondary N) is 5. The molecule has 36 heteroatoms. The van der Waals surface area contributed by atoms with Crippen molar-refractivity contribution in [2.45, 2.75) is 115 Å². The molecule has 15 heterocycles. The molecule has 2 amide bonds. The number of pyridine rings is 6. The topological polar surface area (TPSA) is 360 Å². The van der Waals surface area contributed by atoms with Gasteiger partial charge in [0.1, 0.15) is 117 Å². The Kier molecular flexibility index (Phi) is 30.4. The smallest absolute Gasteiger partial charge is 0.410 e. The number of carbonyl (C=O) groups excluding carboxylic acids is 2. The van der Waals surface area contributed by atoms with Crippen LogP contribution in [0.15, 0.2) is 184 Å². The van der Waals surface area contributed by atoms with Crippen molar-refractivity contribution in [2.24, 2.45) is 0 Å². The van der Waals surface area contributed by atoms with Gasteiger partial charge in [0.15, 0.2) is 34.4 Å². The van der Waals surface area contributed by atoms with Gasteiger partial charge in [0.05, 0.1) is 16.6 Å². The van der Waals surface area contributed by atoms with E-state index in [2.05, 4.69) is 102 Å². The number of halogens is 2. The van der Waals surface area contributed by atoms with Crippen molar-refractivity contribution < 1.29 is 33.3 Å². The minimum atomic E-state index is -0.522. The summed E-state index contributed by atoms with van der Waals surface area (Å²) in [7, 11) is 0. The van der Waals surface area contributed by atoms with Gasteiger partial charge in [-0.15, -0.1) is 12.4 Å². The van der Waals surface area contributed by atoms with Crippen LogP contribution in [0.3, 0.4) is 0 Å². The van der Waals surface area contributed by atoms with Crippen molar-refractivity contribution in [3.8, 4) is 34.5 Å². The average molecular weight is 1720 g/mol. The van der Waals surface area contributed by atoms with Crippen LogP contribution in [0.25, 0.3) is 50.0 Å². The summed E-state index contributed by atoms with van der Waals surface area (Å²) in [6.07, 6.45) is 17.0. The van der Waals surface area contributed by atoms with Crippen LogP contribution in [0.1, 0.15) is 99.8 Å². The van der Waals surface area contributed by atoms with Crippen LogP contribution in [0.2, 0.25) is 5.15 Å². The Morgan fingerprint density at radius 2 is 0.758 bits per heavy atom. The molecule has 0 unspecified atom stereocenters. The maximum atomic E-state index is 12.6. The molecular formula is C88H105Cl2N27O7. The fourth-order valence-electron chi connectivity index (χ4n) is 13.4. The van der Waals surface area contributed by atoms with E-state index in [0.29, 0.717) is 81.7 Å². The number of fused-ring (bicyclic) bond motifs is 6. The lowest BCUT2D eigenvalue weighted by Gasteiger charge is -2.26. The lowest BCUT2D eigenvalue weighted by molar-refractivity contribution is 0.0252. The summed E-state index contributed by atoms with van der Waals surface area (Å²) >= 11 is 6.02. The summed E-state index contributed by atoms with van der Waals surface area (Å²) in [5, 5.41) is 29.5. The maximum Gasteiger partial charge on any atom is 0.410 e. The molecule has 3 aliphatic rings. The summed E-state index contributed by atoms with van der Waals surface area (Å²) in [6, 6.07) is 40.2. The van der Waals surface area contributed by atoms with Gasteiger partial charge in [-0.05, 0) is 221 Å². The standard InChI is InChI=1S/C30H33N9O3.C25H25N9O.C20H14ClN7O.C10H20N2O2.3CH4.ClH/c1-20-16-21(6-8-24(20)41-22-10-13-39-26(17-22)32-19-34-39)35-28-27-23(31-18-33-28)7-9-25(36-27)37-11-5-12-38(15-14-37)29(40)42-30(2,3)4;1-17-13-18(3-5-21(17)35-19-7-11-34-23(14-19)28-16-30-34)31-25-24-20(27-15-29-25)4-6-22(32-24)33-10-2-8-26-9-12-33;1-12-8-13(26-20-19-15(22-10-24-20)3-5-17(21)27-19)2-4-16(12)29-14-6-7-28-18(9-14)23-11-25-28;1-10(2,3)14-9(13)12-7-4-5-11-6-8-12;;;;/h6-10,13,16-19H,5,11-12,14-15H2,1-4H3,(H,31,33,35);3-7,11,13-16,26H,2,8-10,12H2,1H3,(H,27,29,31);2-11H,1H3,(H,22,24,26);11H,4-8H2,1-3H3;3*1H4;1H. The summed E-state index contributed by atoms with van der Waals surface area (Å²) in [4.78, 5) is 85.4. The summed E-state index contributed by atoms with van der Waals surface area (Å²) in [5.74, 6) is 7.95. The predicted molar refractivity (Wildman–Crippen MR) is 487 cm³/mol. The Morgan fingerprint density at radius 1 is 0.387 bits per heavy atom. The number of benzene rings is 3. The molecule has 5 N–H and O–H groups in total. The minimum absolute atomic E-state index is 0. The van der Waals surface area contributed by atoms with Crippen LogP contribution in [-0.4, -0.2) is 200 Å². The third kappa shape index (κ3) is 23.6. The van der Waals surface area contributed by atoms with Crippen molar-refractivity contribution in [3.05, 3.63) is 206 Å². The Hall–Kier alpha value is -13.6. The van der Waals surface area contributed by atoms with Gasteiger partial charge >= 0.3 is 12.2 Å². The van der Waals surface area contributed by atoms with Gasteiger partial charge in [-0.25, -0.2) is 82.9 Å². The number of aromatic nitrogens is 18. The molecule has 18 rings (SSSR count). The SMILES string of the molecule is C.C.C.CC(C)(C)OC(=O)N1CCCNCC1.Cc1cc(Nc2ncnc3ccc(Cl)nc23)ccc1Oc1ccn2ncnc2c1.Cc1cc(Nc2ncnc3ccc(N4CCCN(C(=O)OC(C)(C)C)CC4)nc23)ccc1Oc1ccn2ncnc2c1.Cc1cc(Nc2ncnc3ccc(N4CCCNCC4)nc23)ccc1Oc1ccn2ncnc2c1.Cl. The second-order valence-electron chi connectivity index (χ2n) is 30.6. The van der Waals surface area contributed by atoms with E-state index in [1.54, 1.807) is 41.9 Å². The maximum absolute atomic E-state index is 12.6. The molecule has 0 spiro atoms. The zero-order valence-corrected chi connectivity index (χ0v) is 70.0. The third-order valence-electron chi connectivity index (χ3n) is 19.3. The van der Waals surface area contributed by atoms with Crippen molar-refractivity contribution in [1.29, 1.82) is 0 Å². The van der Waals surface area contributed by atoms with E-state index >= 15 is 0 Å². The highest BCUT2D eigenvalue weighted by Gasteiger charge is 2.27. The van der Waals surface area contributed by atoms with E-state index in [1.807, 2.05) is 196 Å². The molecule has 12 aromatic heterocycles. The number of aryl methyl sites for hydroxylation is 3. The molecule has 3 saturated heterocycles. The zero-order valence-electron chi connectivity index (χ0n) is 68.4. The Labute approximate surface area is 730 Å². The van der Waals surface area contributed by atoms with Crippen molar-refractivity contribution in [2.75, 3.05) is 104 Å². The van der Waals surface area contributed by atoms with Crippen LogP contribution >= 0.6 is 24.0 Å². The molecule has 34 nitrogen and oxygen atoms in total. The first-order valence-corrected chi connectivity index (χ1v) is 39.9. The van der Waals surface area contributed by atoms with E-state index < -0.39 is 11.2 Å². The van der Waals surface area contributed by atoms with Gasteiger partial charge in [-0.2, -0.15) is 15.3 Å². The van der Waals surface area contributed by atoms with E-state index in [4.69, 9.17) is 45.3 Å². The Balaban J connectivity index is 0.000000167. The fraction of sp³-hybridized carbons (Fsp3) is 0.330. The zero-order chi connectivity index (χ0) is 83.3. The highest BCUT2D eigenvalue weighted by atomic mass is 35.5. The lowest BCUT2D eigenvalue weighted by Crippen LogP contribution is -2.39. The van der Waals surface area contributed by atoms with Gasteiger partial charge in [-0.3, -0.25) is 0 Å². The predicted octanol–water partition coefficient (Wildman–Crippen LogP) is 17.2. The van der Waals surface area contributed by atoms with Gasteiger partial charge in [0.2, 0.25) is 0 Å². The molecule has 0 saturated carbocycles. The first kappa shape index (κ1) is 91.2. The molecule has 3 fully saturated rings. The van der Waals surface area contributed by atoms with Crippen LogP contribution in [-0.2, 0) is 9.47 Å². The van der Waals surface area contributed by atoms with Crippen molar-refractivity contribution in [3.63, 3.8) is 0 Å². The number of hydrogen-bond donors (Lipinski definition) is 5. The molecule has 0 aliphatic carbocycles. The largest absolute Gasteiger partial charge is 0.457 e. The van der Waals surface area contributed by atoms with E-state index in [1.165, 1.54) is 31.6 Å². The van der Waals surface area contributed by atoms with Crippen LogP contribution in [0.4, 0.5) is 55.7 Å². The molecule has 3 aliphatic heterocycles. The number of nitrogens with zero attached hydrogens (tertiary/aromatic N) is 22. The molecule has 0 radical (unpaired) electrons. The molecule has 15 aromatic rings. The Bertz CT molecular complexity index is 6130. The summed E-state index contributed by atoms with van der Waals surface area (Å²) in [5.41, 5.74) is 11.0. The molecular weight excluding hydrogens is 1620 g/mol. The molecule has 648 valence electrons. The third-order valence-corrected chi connectivity index (χ3v) is 19.5. The van der Waals surface area contributed by atoms with E-state index in [9.17, 15) is 9.59 Å². The fourth-order valence-corrected chi connectivity index (χ4v) is 13.5. The second kappa shape index (κ2) is 41.3. The lowest BCUT2D eigenvalue weighted by atomic mass is 10.2. The quantitative estimate of drug-likeness (QED) is 0.0631. The monoisotopic (exact) mass is 1720 g/mol. The van der Waals surface area contributed by atoms with Gasteiger partial charge in [0.25, 0.3) is 0 Å². The minimum Gasteiger partial charge on any atom is -0.457 e. The number of anilines is 8. The van der Waals surface area contributed by atoms with Crippen molar-refractivity contribution >= 4 is 132 Å². The highest BCUT2D eigenvalue weighted by molar-refractivity contribution is 6.29. The average Bonchev–Trinajstić information content (AvgIpc) is 1.22. The van der Waals surface area contributed by atoms with Crippen LogP contribution < -0.4 is 50.6 Å². The number of ether oxygens (including phenoxy) is 5. The number of hydrogen-bond acceptors (Lipinski definition) is 29. The van der Waals surface area contributed by atoms with Crippen molar-refractivity contribution in [1.82, 2.24) is 109 Å². The van der Waals surface area contributed by atoms with Gasteiger partial charge in [0, 0.05) is 119 Å². The summed E-state index contributed by atoms with van der Waals surface area (Å²) in [6.45, 7) is 27.2. The first-order valence-electron chi connectivity index (χ1n) is 39.5. The second-order valence-corrected chi connectivity index (χ2v) is 31.0. The van der Waals surface area contributed by atoms with Gasteiger partial charge < -0.3 is 69.9 Å². The van der Waals surface area contributed by atoms with E-state index in [0.717, 1.165) is 169 Å². The molecule has 124 heavy (non-hydrogen) atoms. The van der Waals surface area contributed by atoms with Crippen LogP contribution in [0, 0.1) is 20.8 Å². The summed E-state index contributed by atoms with van der Waals surface area (Å²) < 4.78 is 34.2. The number of carbonyl (C=O) groups is 2. The van der Waals surface area contributed by atoms with E-state index in [-0.39, 0.29) is 46.9 Å².